The Balaban J connectivity index is 2.25. The molecule has 0 amide bonds. The van der Waals surface area contributed by atoms with Crippen molar-refractivity contribution in [3.05, 3.63) is 60.7 Å². The van der Waals surface area contributed by atoms with Crippen LogP contribution in [0.25, 0.3) is 0 Å². The van der Waals surface area contributed by atoms with Crippen LogP contribution >= 0.6 is 15.8 Å². The van der Waals surface area contributed by atoms with E-state index in [4.69, 9.17) is 0 Å². The zero-order valence-corrected chi connectivity index (χ0v) is 13.3. The molecule has 0 aliphatic carbocycles. The van der Waals surface area contributed by atoms with Crippen molar-refractivity contribution in [2.75, 3.05) is 12.7 Å². The minimum absolute atomic E-state index is 0.173. The average Bonchev–Trinajstić information content (AvgIpc) is 2.51. The monoisotopic (exact) mass is 306 g/mol. The van der Waals surface area contributed by atoms with Crippen LogP contribution in [0.3, 0.4) is 0 Å². The molecule has 0 saturated carbocycles. The van der Waals surface area contributed by atoms with Crippen LogP contribution in [0.4, 0.5) is 0 Å². The Morgan fingerprint density at radius 2 is 1.10 bits per heavy atom. The fraction of sp³-hybridized carbons (Fsp3) is 0.250. The molecule has 0 saturated heterocycles. The molecule has 2 nitrogen and oxygen atoms in total. The summed E-state index contributed by atoms with van der Waals surface area (Å²) in [7, 11) is -1.32. The quantitative estimate of drug-likeness (QED) is 0.806. The van der Waals surface area contributed by atoms with Gasteiger partial charge in [0.15, 0.2) is 0 Å². The molecule has 4 heteroatoms. The molecule has 2 N–H and O–H groups in total. The third-order valence-corrected chi connectivity index (χ3v) is 9.39. The third-order valence-electron chi connectivity index (χ3n) is 3.38. The average molecular weight is 306 g/mol. The summed E-state index contributed by atoms with van der Waals surface area (Å²) in [5, 5.41) is 22.3. The highest BCUT2D eigenvalue weighted by atomic mass is 31.2. The van der Waals surface area contributed by atoms with E-state index in [0.29, 0.717) is 5.40 Å². The molecular weight excluding hydrogens is 286 g/mol. The normalized spacial score (nSPS) is 15.6. The molecule has 2 atom stereocenters. The molecule has 0 bridgehead atoms. The predicted octanol–water partition coefficient (Wildman–Crippen LogP) is 2.85. The van der Waals surface area contributed by atoms with Gasteiger partial charge in [-0.2, -0.15) is 0 Å². The lowest BCUT2D eigenvalue weighted by Crippen LogP contribution is -2.18. The number of hydrogen-bond donors (Lipinski definition) is 2. The maximum atomic E-state index is 9.80. The maximum Gasteiger partial charge on any atom is 0.0672 e. The Morgan fingerprint density at radius 3 is 1.40 bits per heavy atom. The first kappa shape index (κ1) is 15.6. The number of benzene rings is 2. The Bertz CT molecular complexity index is 457. The van der Waals surface area contributed by atoms with Gasteiger partial charge in [-0.3, -0.25) is 0 Å². The Hall–Kier alpha value is -0.780. The molecule has 0 aliphatic rings. The first-order valence-electron chi connectivity index (χ1n) is 6.63. The topological polar surface area (TPSA) is 40.5 Å². The van der Waals surface area contributed by atoms with Gasteiger partial charge in [0.05, 0.1) is 12.7 Å². The van der Waals surface area contributed by atoms with Crippen LogP contribution in [0.1, 0.15) is 6.92 Å². The molecule has 2 rings (SSSR count). The standard InChI is InChI=1S/C16H20O2P2/c1-14(19(12-17)15-8-4-2-5-9-15)20(13-18)16-10-6-3-7-11-16/h2-11,14,17-18H,12-13H2,1H3. The lowest BCUT2D eigenvalue weighted by molar-refractivity contribution is 0.368. The molecule has 0 radical (unpaired) electrons. The summed E-state index contributed by atoms with van der Waals surface area (Å²) in [6.07, 6.45) is 0.346. The number of rotatable bonds is 6. The lowest BCUT2D eigenvalue weighted by atomic mass is 10.4. The lowest BCUT2D eigenvalue weighted by Gasteiger charge is -2.30. The fourth-order valence-corrected chi connectivity index (χ4v) is 7.59. The summed E-state index contributed by atoms with van der Waals surface area (Å²) in [6, 6.07) is 20.3. The van der Waals surface area contributed by atoms with E-state index in [9.17, 15) is 10.2 Å². The summed E-state index contributed by atoms with van der Waals surface area (Å²) in [6.45, 7) is 2.16. The van der Waals surface area contributed by atoms with E-state index in [1.807, 2.05) is 36.4 Å². The van der Waals surface area contributed by atoms with E-state index < -0.39 is 15.8 Å². The number of hydrogen-bond acceptors (Lipinski definition) is 2. The summed E-state index contributed by atoms with van der Waals surface area (Å²) >= 11 is 0. The first-order valence-corrected chi connectivity index (χ1v) is 9.82. The first-order chi connectivity index (χ1) is 9.77. The Morgan fingerprint density at radius 1 is 0.750 bits per heavy atom. The zero-order valence-electron chi connectivity index (χ0n) is 11.6. The fourth-order valence-electron chi connectivity index (χ4n) is 2.24. The van der Waals surface area contributed by atoms with Crippen LogP contribution in [-0.4, -0.2) is 28.3 Å². The van der Waals surface area contributed by atoms with Crippen LogP contribution in [0, 0.1) is 0 Å². The van der Waals surface area contributed by atoms with Crippen molar-refractivity contribution in [1.82, 2.24) is 0 Å². The van der Waals surface area contributed by atoms with Crippen LogP contribution < -0.4 is 10.6 Å². The zero-order chi connectivity index (χ0) is 14.4. The summed E-state index contributed by atoms with van der Waals surface area (Å²) in [4.78, 5) is 0. The summed E-state index contributed by atoms with van der Waals surface area (Å²) in [5.74, 6) is 0. The second-order valence-electron chi connectivity index (χ2n) is 4.53. The van der Waals surface area contributed by atoms with E-state index in [1.165, 1.54) is 10.6 Å². The van der Waals surface area contributed by atoms with Gasteiger partial charge < -0.3 is 10.2 Å². The van der Waals surface area contributed by atoms with Gasteiger partial charge in [0.2, 0.25) is 0 Å². The highest BCUT2D eigenvalue weighted by Gasteiger charge is 2.26. The molecule has 2 aromatic rings. The Kier molecular flexibility index (Phi) is 6.13. The summed E-state index contributed by atoms with van der Waals surface area (Å²) < 4.78 is 0. The van der Waals surface area contributed by atoms with Gasteiger partial charge in [-0.25, -0.2) is 0 Å². The van der Waals surface area contributed by atoms with Crippen molar-refractivity contribution >= 4 is 26.5 Å². The van der Waals surface area contributed by atoms with Crippen molar-refractivity contribution in [3.8, 4) is 0 Å². The molecule has 2 aromatic carbocycles. The second kappa shape index (κ2) is 7.86. The van der Waals surface area contributed by atoms with Gasteiger partial charge in [0.1, 0.15) is 0 Å². The van der Waals surface area contributed by atoms with Gasteiger partial charge in [-0.05, 0) is 26.5 Å². The van der Waals surface area contributed by atoms with Gasteiger partial charge in [0.25, 0.3) is 0 Å². The van der Waals surface area contributed by atoms with Crippen LogP contribution in [0.2, 0.25) is 0 Å². The van der Waals surface area contributed by atoms with Crippen molar-refractivity contribution < 1.29 is 10.2 Å². The molecule has 0 heterocycles. The molecular formula is C16H20O2P2. The van der Waals surface area contributed by atoms with Gasteiger partial charge >= 0.3 is 0 Å². The molecule has 0 fully saturated rings. The van der Waals surface area contributed by atoms with E-state index in [2.05, 4.69) is 31.2 Å². The summed E-state index contributed by atoms with van der Waals surface area (Å²) in [5.41, 5.74) is 0. The van der Waals surface area contributed by atoms with Gasteiger partial charge in [0, 0.05) is 5.40 Å². The maximum absolute atomic E-state index is 9.80. The Labute approximate surface area is 123 Å². The van der Waals surface area contributed by atoms with E-state index >= 15 is 0 Å². The van der Waals surface area contributed by atoms with Gasteiger partial charge in [-0.15, -0.1) is 0 Å². The largest absolute Gasteiger partial charge is 0.392 e. The minimum Gasteiger partial charge on any atom is -0.392 e. The van der Waals surface area contributed by atoms with E-state index in [-0.39, 0.29) is 12.7 Å². The molecule has 2 unspecified atom stereocenters. The van der Waals surface area contributed by atoms with Crippen LogP contribution in [0.15, 0.2) is 60.7 Å². The second-order valence-corrected chi connectivity index (χ2v) is 9.96. The molecule has 0 aliphatic heterocycles. The molecule has 20 heavy (non-hydrogen) atoms. The van der Waals surface area contributed by atoms with E-state index in [1.54, 1.807) is 0 Å². The van der Waals surface area contributed by atoms with Gasteiger partial charge in [-0.1, -0.05) is 67.6 Å². The highest BCUT2D eigenvalue weighted by molar-refractivity contribution is 7.82. The van der Waals surface area contributed by atoms with Crippen LogP contribution in [0.5, 0.6) is 0 Å². The molecule has 0 spiro atoms. The highest BCUT2D eigenvalue weighted by Crippen LogP contribution is 2.55. The third kappa shape index (κ3) is 3.65. The van der Waals surface area contributed by atoms with Crippen molar-refractivity contribution in [2.45, 2.75) is 12.3 Å². The van der Waals surface area contributed by atoms with Crippen LogP contribution in [-0.2, 0) is 0 Å². The molecule has 0 aromatic heterocycles. The van der Waals surface area contributed by atoms with Crippen molar-refractivity contribution in [1.29, 1.82) is 0 Å². The SMILES string of the molecule is CC(P(CO)c1ccccc1)P(CO)c1ccccc1. The van der Waals surface area contributed by atoms with Crippen molar-refractivity contribution in [2.24, 2.45) is 0 Å². The number of aliphatic hydroxyl groups excluding tert-OH is 2. The smallest absolute Gasteiger partial charge is 0.0672 e. The number of aliphatic hydroxyl groups is 2. The van der Waals surface area contributed by atoms with E-state index in [0.717, 1.165) is 0 Å². The minimum atomic E-state index is -0.659. The molecule has 106 valence electrons. The predicted molar refractivity (Wildman–Crippen MR) is 89.6 cm³/mol. The van der Waals surface area contributed by atoms with Crippen molar-refractivity contribution in [3.63, 3.8) is 0 Å².